The molecule has 0 radical (unpaired) electrons. The fourth-order valence-corrected chi connectivity index (χ4v) is 2.84. The summed E-state index contributed by atoms with van der Waals surface area (Å²) in [6.45, 7) is 0. The number of nitrogens with two attached hydrogens (primary N) is 1. The van der Waals surface area contributed by atoms with Gasteiger partial charge in [0.1, 0.15) is 0 Å². The molecule has 1 fully saturated rings. The van der Waals surface area contributed by atoms with Crippen molar-refractivity contribution < 1.29 is 18.0 Å². The first-order valence-electron chi connectivity index (χ1n) is 6.70. The van der Waals surface area contributed by atoms with E-state index in [0.717, 1.165) is 18.9 Å². The maximum Gasteiger partial charge on any atom is 0.418 e. The van der Waals surface area contributed by atoms with Crippen LogP contribution in [0.25, 0.3) is 0 Å². The van der Waals surface area contributed by atoms with Crippen molar-refractivity contribution >= 4 is 27.5 Å². The van der Waals surface area contributed by atoms with Gasteiger partial charge in [0.05, 0.1) is 11.3 Å². The minimum Gasteiger partial charge on any atom is -0.328 e. The summed E-state index contributed by atoms with van der Waals surface area (Å²) in [7, 11) is 0. The standard InChI is InChI=1S/C14H16BrF3N2O/c15-9-3-6-12(11(7-9)14(16,17)18)20-13(21)8-1-4-10(19)5-2-8/h3,6-8,10H,1-2,4-5,19H2,(H,20,21). The van der Waals surface area contributed by atoms with E-state index in [9.17, 15) is 18.0 Å². The van der Waals surface area contributed by atoms with E-state index in [1.165, 1.54) is 12.1 Å². The molecule has 1 aromatic rings. The fraction of sp³-hybridized carbons (Fsp3) is 0.500. The first kappa shape index (κ1) is 16.3. The number of carbonyl (C=O) groups is 1. The average molecular weight is 365 g/mol. The summed E-state index contributed by atoms with van der Waals surface area (Å²) in [6.07, 6.45) is -1.83. The Kier molecular flexibility index (Phi) is 4.93. The van der Waals surface area contributed by atoms with Crippen molar-refractivity contribution in [3.05, 3.63) is 28.2 Å². The second-order valence-electron chi connectivity index (χ2n) is 5.29. The minimum atomic E-state index is -4.51. The van der Waals surface area contributed by atoms with Gasteiger partial charge in [0, 0.05) is 16.4 Å². The smallest absolute Gasteiger partial charge is 0.328 e. The Morgan fingerprint density at radius 3 is 2.43 bits per heavy atom. The first-order chi connectivity index (χ1) is 9.77. The lowest BCUT2D eigenvalue weighted by Crippen LogP contribution is -2.32. The third-order valence-corrected chi connectivity index (χ3v) is 4.18. The van der Waals surface area contributed by atoms with Gasteiger partial charge in [0.2, 0.25) is 5.91 Å². The zero-order chi connectivity index (χ0) is 15.6. The number of carbonyl (C=O) groups excluding carboxylic acids is 1. The maximum atomic E-state index is 13.0. The van der Waals surface area contributed by atoms with Crippen LogP contribution in [-0.4, -0.2) is 11.9 Å². The SMILES string of the molecule is NC1CCC(C(=O)Nc2ccc(Br)cc2C(F)(F)F)CC1. The van der Waals surface area contributed by atoms with Gasteiger partial charge in [-0.2, -0.15) is 13.2 Å². The van der Waals surface area contributed by atoms with Crippen molar-refractivity contribution in [1.29, 1.82) is 0 Å². The molecule has 2 rings (SSSR count). The molecular formula is C14H16BrF3N2O. The summed E-state index contributed by atoms with van der Waals surface area (Å²) in [4.78, 5) is 12.1. The summed E-state index contributed by atoms with van der Waals surface area (Å²) in [5, 5.41) is 2.41. The van der Waals surface area contributed by atoms with Gasteiger partial charge in [0.15, 0.2) is 0 Å². The fourth-order valence-electron chi connectivity index (χ4n) is 2.48. The number of alkyl halides is 3. The van der Waals surface area contributed by atoms with E-state index in [2.05, 4.69) is 21.2 Å². The number of hydrogen-bond donors (Lipinski definition) is 2. The predicted octanol–water partition coefficient (Wildman–Crippen LogP) is 3.92. The van der Waals surface area contributed by atoms with Crippen molar-refractivity contribution in [1.82, 2.24) is 0 Å². The van der Waals surface area contributed by atoms with Gasteiger partial charge in [-0.1, -0.05) is 15.9 Å². The molecule has 0 unspecified atom stereocenters. The van der Waals surface area contributed by atoms with Crippen molar-refractivity contribution in [2.45, 2.75) is 37.9 Å². The number of nitrogens with one attached hydrogen (secondary N) is 1. The molecule has 1 aliphatic rings. The first-order valence-corrected chi connectivity index (χ1v) is 7.50. The molecule has 1 aromatic carbocycles. The van der Waals surface area contributed by atoms with Crippen LogP contribution < -0.4 is 11.1 Å². The highest BCUT2D eigenvalue weighted by molar-refractivity contribution is 9.10. The van der Waals surface area contributed by atoms with Crippen LogP contribution in [0.5, 0.6) is 0 Å². The van der Waals surface area contributed by atoms with Gasteiger partial charge >= 0.3 is 6.18 Å². The summed E-state index contributed by atoms with van der Waals surface area (Å²) >= 11 is 3.01. The van der Waals surface area contributed by atoms with Crippen molar-refractivity contribution in [2.75, 3.05) is 5.32 Å². The molecule has 7 heteroatoms. The van der Waals surface area contributed by atoms with E-state index in [1.54, 1.807) is 0 Å². The van der Waals surface area contributed by atoms with Crippen molar-refractivity contribution in [3.8, 4) is 0 Å². The van der Waals surface area contributed by atoms with Gasteiger partial charge < -0.3 is 11.1 Å². The zero-order valence-electron chi connectivity index (χ0n) is 11.2. The molecule has 3 nitrogen and oxygen atoms in total. The lowest BCUT2D eigenvalue weighted by atomic mass is 9.86. The van der Waals surface area contributed by atoms with E-state index in [4.69, 9.17) is 5.73 Å². The van der Waals surface area contributed by atoms with E-state index in [-0.39, 0.29) is 23.6 Å². The Morgan fingerprint density at radius 2 is 1.86 bits per heavy atom. The second-order valence-corrected chi connectivity index (χ2v) is 6.20. The van der Waals surface area contributed by atoms with Gasteiger partial charge in [-0.25, -0.2) is 0 Å². The number of anilines is 1. The zero-order valence-corrected chi connectivity index (χ0v) is 12.8. The Morgan fingerprint density at radius 1 is 1.24 bits per heavy atom. The summed E-state index contributed by atoms with van der Waals surface area (Å²) in [6, 6.07) is 3.79. The van der Waals surface area contributed by atoms with Crippen LogP contribution >= 0.6 is 15.9 Å². The predicted molar refractivity (Wildman–Crippen MR) is 77.7 cm³/mol. The molecular weight excluding hydrogens is 349 g/mol. The van der Waals surface area contributed by atoms with Crippen LogP contribution in [0, 0.1) is 5.92 Å². The van der Waals surface area contributed by atoms with Gasteiger partial charge in [-0.05, 0) is 43.9 Å². The number of rotatable bonds is 2. The molecule has 0 bridgehead atoms. The van der Waals surface area contributed by atoms with E-state index >= 15 is 0 Å². The maximum absolute atomic E-state index is 13.0. The number of hydrogen-bond acceptors (Lipinski definition) is 2. The summed E-state index contributed by atoms with van der Waals surface area (Å²) in [5.41, 5.74) is 4.71. The Bertz CT molecular complexity index is 525. The van der Waals surface area contributed by atoms with E-state index < -0.39 is 11.7 Å². The van der Waals surface area contributed by atoms with Gasteiger partial charge in [0.25, 0.3) is 0 Å². The molecule has 1 amide bonds. The minimum absolute atomic E-state index is 0.0902. The summed E-state index contributed by atoms with van der Waals surface area (Å²) in [5.74, 6) is -0.635. The third kappa shape index (κ3) is 4.20. The molecule has 0 heterocycles. The molecule has 1 aliphatic carbocycles. The van der Waals surface area contributed by atoms with Crippen molar-refractivity contribution in [2.24, 2.45) is 11.7 Å². The van der Waals surface area contributed by atoms with Crippen molar-refractivity contribution in [3.63, 3.8) is 0 Å². The molecule has 0 atom stereocenters. The highest BCUT2D eigenvalue weighted by atomic mass is 79.9. The van der Waals surface area contributed by atoms with E-state index in [0.29, 0.717) is 17.3 Å². The van der Waals surface area contributed by atoms with Crippen LogP contribution in [0.15, 0.2) is 22.7 Å². The molecule has 116 valence electrons. The third-order valence-electron chi connectivity index (χ3n) is 3.69. The van der Waals surface area contributed by atoms with Crippen LogP contribution in [0.4, 0.5) is 18.9 Å². The highest BCUT2D eigenvalue weighted by Gasteiger charge is 2.35. The lowest BCUT2D eigenvalue weighted by molar-refractivity contribution is -0.137. The van der Waals surface area contributed by atoms with Crippen LogP contribution in [0.1, 0.15) is 31.2 Å². The highest BCUT2D eigenvalue weighted by Crippen LogP contribution is 2.37. The Hall–Kier alpha value is -1.08. The number of halogens is 4. The largest absolute Gasteiger partial charge is 0.418 e. The Labute approximate surface area is 129 Å². The number of benzene rings is 1. The summed E-state index contributed by atoms with van der Waals surface area (Å²) < 4.78 is 39.3. The molecule has 0 aliphatic heterocycles. The molecule has 3 N–H and O–H groups in total. The average Bonchev–Trinajstić information content (AvgIpc) is 2.40. The lowest BCUT2D eigenvalue weighted by Gasteiger charge is -2.25. The topological polar surface area (TPSA) is 55.1 Å². The monoisotopic (exact) mass is 364 g/mol. The molecule has 1 saturated carbocycles. The van der Waals surface area contributed by atoms with Crippen LogP contribution in [0.2, 0.25) is 0 Å². The van der Waals surface area contributed by atoms with Gasteiger partial charge in [-0.15, -0.1) is 0 Å². The van der Waals surface area contributed by atoms with Gasteiger partial charge in [-0.3, -0.25) is 4.79 Å². The molecule has 0 saturated heterocycles. The molecule has 0 aromatic heterocycles. The Balaban J connectivity index is 2.14. The second kappa shape index (κ2) is 6.36. The van der Waals surface area contributed by atoms with Crippen LogP contribution in [-0.2, 0) is 11.0 Å². The normalized spacial score (nSPS) is 22.9. The van der Waals surface area contributed by atoms with Crippen LogP contribution in [0.3, 0.4) is 0 Å². The molecule has 21 heavy (non-hydrogen) atoms. The molecule has 0 spiro atoms. The number of amides is 1. The quantitative estimate of drug-likeness (QED) is 0.835. The van der Waals surface area contributed by atoms with E-state index in [1.807, 2.05) is 0 Å².